The number of hydrogen-bond acceptors (Lipinski definition) is 8. The highest BCUT2D eigenvalue weighted by atomic mass is 31.2. The van der Waals surface area contributed by atoms with Crippen LogP contribution >= 0.6 is 7.75 Å². The lowest BCUT2D eigenvalue weighted by atomic mass is 9.92. The molecule has 0 aliphatic heterocycles. The Kier molecular flexibility index (Phi) is 8.61. The Morgan fingerprint density at radius 2 is 1.84 bits per heavy atom. The van der Waals surface area contributed by atoms with Crippen LogP contribution in [0.3, 0.4) is 0 Å². The predicted molar refractivity (Wildman–Crippen MR) is 137 cm³/mol. The number of nitrogens with zero attached hydrogens (tertiary/aromatic N) is 1. The van der Waals surface area contributed by atoms with Crippen LogP contribution in [0.2, 0.25) is 0 Å². The molecule has 0 bridgehead atoms. The van der Waals surface area contributed by atoms with Gasteiger partial charge in [-0.2, -0.15) is 5.09 Å². The fourth-order valence-corrected chi connectivity index (χ4v) is 5.59. The number of ether oxygens (including phenoxy) is 1. The minimum Gasteiger partial charge on any atom is -0.506 e. The molecule has 2 aromatic carbocycles. The number of esters is 1. The number of hydrogen-bond donors (Lipinski definition) is 3. The van der Waals surface area contributed by atoms with E-state index in [0.717, 1.165) is 25.7 Å². The van der Waals surface area contributed by atoms with Crippen LogP contribution in [0.4, 0.5) is 0 Å². The van der Waals surface area contributed by atoms with E-state index in [4.69, 9.17) is 13.8 Å². The number of rotatable bonds is 10. The second-order valence-electron chi connectivity index (χ2n) is 8.94. The van der Waals surface area contributed by atoms with Crippen molar-refractivity contribution in [1.82, 2.24) is 10.1 Å². The Morgan fingerprint density at radius 1 is 1.11 bits per heavy atom. The molecule has 2 atom stereocenters. The zero-order valence-corrected chi connectivity index (χ0v) is 21.7. The normalized spacial score (nSPS) is 15.3. The second-order valence-corrected chi connectivity index (χ2v) is 10.6. The van der Waals surface area contributed by atoms with Gasteiger partial charge in [-0.25, -0.2) is 9.36 Å². The van der Waals surface area contributed by atoms with E-state index in [0.29, 0.717) is 17.0 Å². The molecule has 4 rings (SSSR count). The summed E-state index contributed by atoms with van der Waals surface area (Å²) in [5.74, 6) is -0.132. The lowest BCUT2D eigenvalue weighted by Gasteiger charge is -2.23. The van der Waals surface area contributed by atoms with Crippen LogP contribution in [0.1, 0.15) is 47.7 Å². The molecule has 3 N–H and O–H groups in total. The minimum absolute atomic E-state index is 0.169. The smallest absolute Gasteiger partial charge is 0.459 e. The van der Waals surface area contributed by atoms with Crippen molar-refractivity contribution in [2.75, 3.05) is 0 Å². The number of nitrogens with one attached hydrogen (secondary N) is 1. The summed E-state index contributed by atoms with van der Waals surface area (Å²) in [4.78, 5) is 16.9. The van der Waals surface area contributed by atoms with Gasteiger partial charge in [0.05, 0.1) is 18.9 Å². The molecule has 196 valence electrons. The number of aliphatic hydroxyl groups excluding tert-OH is 1. The quantitative estimate of drug-likeness (QED) is 0.195. The van der Waals surface area contributed by atoms with Crippen LogP contribution in [0.25, 0.3) is 0 Å². The summed E-state index contributed by atoms with van der Waals surface area (Å²) in [6.07, 6.45) is 5.64. The van der Waals surface area contributed by atoms with Crippen molar-refractivity contribution in [2.45, 2.75) is 58.8 Å². The number of fused-ring (bicyclic) bond motifs is 1. The molecule has 2 unspecified atom stereocenters. The van der Waals surface area contributed by atoms with E-state index in [1.807, 2.05) is 12.1 Å². The summed E-state index contributed by atoms with van der Waals surface area (Å²) >= 11 is 0. The molecule has 0 spiro atoms. The third kappa shape index (κ3) is 6.76. The lowest BCUT2D eigenvalue weighted by molar-refractivity contribution is -0.136. The standard InChI is InChI=1S/C27H31N2O7P/c1-18-26(31)25(16-30)22(15-28-18)17-34-37(33,36-23-10-4-3-5-11-23)29-19(2)27(32)35-24-13-12-20-8-6-7-9-21(20)14-24/h3-5,10-15,19,30-31H,6-9,16-17H2,1-2H3,(H,29,33). The van der Waals surface area contributed by atoms with Crippen LogP contribution in [-0.4, -0.2) is 27.2 Å². The average Bonchev–Trinajstić information content (AvgIpc) is 2.89. The molecule has 1 aromatic heterocycles. The van der Waals surface area contributed by atoms with Gasteiger partial charge in [-0.3, -0.25) is 9.51 Å². The Balaban J connectivity index is 1.50. The van der Waals surface area contributed by atoms with Gasteiger partial charge in [0.15, 0.2) is 0 Å². The van der Waals surface area contributed by atoms with Gasteiger partial charge in [0.1, 0.15) is 23.3 Å². The van der Waals surface area contributed by atoms with Crippen molar-refractivity contribution in [3.63, 3.8) is 0 Å². The molecule has 9 nitrogen and oxygen atoms in total. The minimum atomic E-state index is -4.14. The monoisotopic (exact) mass is 526 g/mol. The third-order valence-electron chi connectivity index (χ3n) is 6.19. The van der Waals surface area contributed by atoms with Gasteiger partial charge in [0.25, 0.3) is 0 Å². The van der Waals surface area contributed by atoms with Crippen LogP contribution in [-0.2, 0) is 39.9 Å². The van der Waals surface area contributed by atoms with E-state index in [2.05, 4.69) is 10.1 Å². The molecule has 0 fully saturated rings. The molecule has 0 amide bonds. The third-order valence-corrected chi connectivity index (χ3v) is 7.81. The van der Waals surface area contributed by atoms with Crippen LogP contribution in [0.15, 0.2) is 54.7 Å². The average molecular weight is 527 g/mol. The van der Waals surface area contributed by atoms with Gasteiger partial charge in [0, 0.05) is 17.3 Å². The van der Waals surface area contributed by atoms with Gasteiger partial charge in [-0.1, -0.05) is 24.3 Å². The van der Waals surface area contributed by atoms with E-state index in [1.165, 1.54) is 24.2 Å². The summed E-state index contributed by atoms with van der Waals surface area (Å²) < 4.78 is 30.6. The fourth-order valence-electron chi connectivity index (χ4n) is 4.12. The van der Waals surface area contributed by atoms with Crippen LogP contribution in [0.5, 0.6) is 17.2 Å². The van der Waals surface area contributed by atoms with Crippen molar-refractivity contribution in [3.05, 3.63) is 82.7 Å². The van der Waals surface area contributed by atoms with Crippen molar-refractivity contribution < 1.29 is 33.4 Å². The first-order valence-corrected chi connectivity index (χ1v) is 13.7. The van der Waals surface area contributed by atoms with E-state index in [9.17, 15) is 19.6 Å². The number of aromatic hydroxyl groups is 1. The maximum atomic E-state index is 13.8. The summed E-state index contributed by atoms with van der Waals surface area (Å²) in [5.41, 5.74) is 3.32. The molecular weight excluding hydrogens is 495 g/mol. The summed E-state index contributed by atoms with van der Waals surface area (Å²) in [6.45, 7) is 2.33. The molecule has 3 aromatic rings. The maximum Gasteiger partial charge on any atom is 0.459 e. The number of aliphatic hydroxyl groups is 1. The summed E-state index contributed by atoms with van der Waals surface area (Å²) in [6, 6.07) is 13.0. The van der Waals surface area contributed by atoms with E-state index in [1.54, 1.807) is 43.3 Å². The Morgan fingerprint density at radius 3 is 2.57 bits per heavy atom. The summed E-state index contributed by atoms with van der Waals surface area (Å²) in [7, 11) is -4.14. The van der Waals surface area contributed by atoms with E-state index in [-0.39, 0.29) is 23.7 Å². The highest BCUT2D eigenvalue weighted by Gasteiger charge is 2.33. The lowest BCUT2D eigenvalue weighted by Crippen LogP contribution is -2.36. The molecule has 1 heterocycles. The number of carbonyl (C=O) groups is 1. The fraction of sp³-hybridized carbons (Fsp3) is 0.333. The second kappa shape index (κ2) is 11.9. The topological polar surface area (TPSA) is 127 Å². The number of pyridine rings is 1. The first-order chi connectivity index (χ1) is 17.8. The van der Waals surface area contributed by atoms with E-state index < -0.39 is 26.4 Å². The van der Waals surface area contributed by atoms with Crippen molar-refractivity contribution in [1.29, 1.82) is 0 Å². The first kappa shape index (κ1) is 26.8. The molecular formula is C27H31N2O7P. The van der Waals surface area contributed by atoms with Crippen LogP contribution < -0.4 is 14.3 Å². The molecule has 0 saturated carbocycles. The predicted octanol–water partition coefficient (Wildman–Crippen LogP) is 4.75. The Hall–Kier alpha value is -3.23. The largest absolute Gasteiger partial charge is 0.506 e. The van der Waals surface area contributed by atoms with Gasteiger partial charge in [-0.05, 0) is 74.9 Å². The maximum absolute atomic E-state index is 13.8. The van der Waals surface area contributed by atoms with Crippen molar-refractivity contribution in [3.8, 4) is 17.2 Å². The van der Waals surface area contributed by atoms with Crippen molar-refractivity contribution in [2.24, 2.45) is 0 Å². The highest BCUT2D eigenvalue weighted by molar-refractivity contribution is 7.52. The van der Waals surface area contributed by atoms with E-state index >= 15 is 0 Å². The number of para-hydroxylation sites is 1. The van der Waals surface area contributed by atoms with Gasteiger partial charge in [-0.15, -0.1) is 0 Å². The van der Waals surface area contributed by atoms with Gasteiger partial charge >= 0.3 is 13.7 Å². The Labute approximate surface area is 216 Å². The zero-order valence-electron chi connectivity index (χ0n) is 20.8. The molecule has 1 aliphatic rings. The van der Waals surface area contributed by atoms with Crippen LogP contribution in [0, 0.1) is 6.92 Å². The number of benzene rings is 2. The highest BCUT2D eigenvalue weighted by Crippen LogP contribution is 2.46. The molecule has 10 heteroatoms. The Bertz CT molecular complexity index is 1300. The zero-order chi connectivity index (χ0) is 26.4. The molecule has 37 heavy (non-hydrogen) atoms. The molecule has 0 saturated heterocycles. The van der Waals surface area contributed by atoms with Crippen molar-refractivity contribution >= 4 is 13.7 Å². The molecule has 1 aliphatic carbocycles. The SMILES string of the molecule is Cc1ncc(COP(=O)(NC(C)C(=O)Oc2ccc3c(c2)CCCC3)Oc2ccccc2)c(CO)c1O. The first-order valence-electron chi connectivity index (χ1n) is 12.2. The summed E-state index contributed by atoms with van der Waals surface area (Å²) in [5, 5.41) is 22.6. The number of aryl methyl sites for hydroxylation is 3. The van der Waals surface area contributed by atoms with Gasteiger partial charge < -0.3 is 19.5 Å². The van der Waals surface area contributed by atoms with Gasteiger partial charge in [0.2, 0.25) is 0 Å². The molecule has 0 radical (unpaired) electrons. The number of aromatic nitrogens is 1. The number of carbonyl (C=O) groups excluding carboxylic acids is 1.